The quantitative estimate of drug-likeness (QED) is 0.646. The molecule has 1 aromatic heterocycles. The van der Waals surface area contributed by atoms with Crippen molar-refractivity contribution in [1.29, 1.82) is 0 Å². The monoisotopic (exact) mass is 412 g/mol. The number of hydrogen-bond donors (Lipinski definition) is 3. The summed E-state index contributed by atoms with van der Waals surface area (Å²) >= 11 is 0. The average molecular weight is 413 g/mol. The van der Waals surface area contributed by atoms with Crippen LogP contribution in [0.1, 0.15) is 37.4 Å². The molecule has 0 amide bonds. The highest BCUT2D eigenvalue weighted by molar-refractivity contribution is 5.85. The zero-order valence-corrected chi connectivity index (χ0v) is 16.5. The van der Waals surface area contributed by atoms with Crippen LogP contribution < -0.4 is 10.1 Å². The van der Waals surface area contributed by atoms with Crippen LogP contribution in [-0.2, 0) is 4.79 Å². The van der Waals surface area contributed by atoms with Crippen molar-refractivity contribution in [2.45, 2.75) is 31.8 Å². The van der Waals surface area contributed by atoms with Crippen molar-refractivity contribution in [3.05, 3.63) is 35.8 Å². The second kappa shape index (κ2) is 10.0. The lowest BCUT2D eigenvalue weighted by atomic mass is 9.80. The number of ether oxygens (including phenoxy) is 1. The molecule has 0 spiro atoms. The predicted molar refractivity (Wildman–Crippen MR) is 106 cm³/mol. The van der Waals surface area contributed by atoms with Gasteiger partial charge in [-0.15, -0.1) is 12.4 Å². The molecule has 0 radical (unpaired) electrons. The number of aromatic nitrogens is 1. The van der Waals surface area contributed by atoms with E-state index in [1.807, 2.05) is 0 Å². The zero-order chi connectivity index (χ0) is 19.4. The maximum Gasteiger partial charge on any atom is 0.303 e. The standard InChI is InChI=1S/C20H25FN2O4.ClH/c1-27-14-3-4-17-15(9-14)20(16(21)11-23-17)18(24)5-2-12-6-7-22-10-13(12)8-19(25)26;/h3-4,9,11-13,18,22,24H,2,5-8,10H2,1H3,(H,25,26);1H/t12?,13?,18-;/m1./s1. The van der Waals surface area contributed by atoms with Crippen molar-refractivity contribution in [3.63, 3.8) is 0 Å². The summed E-state index contributed by atoms with van der Waals surface area (Å²) in [5.41, 5.74) is 0.819. The molecule has 0 saturated carbocycles. The van der Waals surface area contributed by atoms with Crippen molar-refractivity contribution in [2.24, 2.45) is 11.8 Å². The van der Waals surface area contributed by atoms with Crippen LogP contribution in [0.2, 0.25) is 0 Å². The molecule has 1 aromatic carbocycles. The Hall–Kier alpha value is -1.96. The van der Waals surface area contributed by atoms with Gasteiger partial charge in [-0.1, -0.05) is 0 Å². The fourth-order valence-corrected chi connectivity index (χ4v) is 3.97. The zero-order valence-electron chi connectivity index (χ0n) is 15.7. The first kappa shape index (κ1) is 22.3. The highest BCUT2D eigenvalue weighted by Crippen LogP contribution is 2.34. The number of pyridine rings is 1. The number of methoxy groups -OCH3 is 1. The largest absolute Gasteiger partial charge is 0.497 e. The van der Waals surface area contributed by atoms with Crippen LogP contribution in [0, 0.1) is 17.7 Å². The van der Waals surface area contributed by atoms with E-state index in [1.54, 1.807) is 18.2 Å². The molecule has 0 bridgehead atoms. The van der Waals surface area contributed by atoms with Crippen molar-refractivity contribution in [2.75, 3.05) is 20.2 Å². The molecule has 2 heterocycles. The van der Waals surface area contributed by atoms with Gasteiger partial charge in [0.1, 0.15) is 11.6 Å². The van der Waals surface area contributed by atoms with Gasteiger partial charge in [0, 0.05) is 17.4 Å². The number of benzene rings is 1. The molecule has 3 atom stereocenters. The number of rotatable bonds is 7. The second-order valence-corrected chi connectivity index (χ2v) is 7.11. The third-order valence-electron chi connectivity index (χ3n) is 5.41. The smallest absolute Gasteiger partial charge is 0.303 e. The summed E-state index contributed by atoms with van der Waals surface area (Å²) in [7, 11) is 1.53. The Morgan fingerprint density at radius 3 is 2.93 bits per heavy atom. The van der Waals surface area contributed by atoms with Gasteiger partial charge in [-0.05, 0) is 62.4 Å². The molecule has 0 aliphatic carbocycles. The molecule has 1 aliphatic rings. The molecule has 1 fully saturated rings. The normalized spacial score (nSPS) is 20.4. The maximum absolute atomic E-state index is 14.5. The van der Waals surface area contributed by atoms with E-state index >= 15 is 0 Å². The first-order valence-corrected chi connectivity index (χ1v) is 9.22. The van der Waals surface area contributed by atoms with Crippen LogP contribution in [0.3, 0.4) is 0 Å². The molecule has 3 N–H and O–H groups in total. The summed E-state index contributed by atoms with van der Waals surface area (Å²) in [4.78, 5) is 15.2. The Morgan fingerprint density at radius 1 is 1.43 bits per heavy atom. The number of aliphatic carboxylic acids is 1. The predicted octanol–water partition coefficient (Wildman–Crippen LogP) is 3.32. The van der Waals surface area contributed by atoms with Crippen LogP contribution in [0.15, 0.2) is 24.4 Å². The van der Waals surface area contributed by atoms with Crippen LogP contribution in [0.4, 0.5) is 4.39 Å². The first-order valence-electron chi connectivity index (χ1n) is 9.22. The van der Waals surface area contributed by atoms with Gasteiger partial charge in [-0.3, -0.25) is 9.78 Å². The lowest BCUT2D eigenvalue weighted by Crippen LogP contribution is -2.37. The fourth-order valence-electron chi connectivity index (χ4n) is 3.97. The maximum atomic E-state index is 14.5. The first-order chi connectivity index (χ1) is 13.0. The van der Waals surface area contributed by atoms with Gasteiger partial charge >= 0.3 is 5.97 Å². The highest BCUT2D eigenvalue weighted by atomic mass is 35.5. The summed E-state index contributed by atoms with van der Waals surface area (Å²) in [5, 5.41) is 23.6. The van der Waals surface area contributed by atoms with E-state index in [1.165, 1.54) is 7.11 Å². The number of aliphatic hydroxyl groups is 1. The number of piperidine rings is 1. The third-order valence-corrected chi connectivity index (χ3v) is 5.41. The van der Waals surface area contributed by atoms with E-state index in [4.69, 9.17) is 9.84 Å². The molecule has 154 valence electrons. The SMILES string of the molecule is COc1ccc2ncc(F)c([C@H](O)CCC3CCNCC3CC(=O)O)c2c1.Cl. The molecule has 3 rings (SSSR count). The van der Waals surface area contributed by atoms with E-state index in [2.05, 4.69) is 10.3 Å². The van der Waals surface area contributed by atoms with Gasteiger partial charge in [-0.25, -0.2) is 4.39 Å². The van der Waals surface area contributed by atoms with Gasteiger partial charge in [0.2, 0.25) is 0 Å². The van der Waals surface area contributed by atoms with Crippen molar-refractivity contribution in [1.82, 2.24) is 10.3 Å². The summed E-state index contributed by atoms with van der Waals surface area (Å²) in [5.74, 6) is -0.559. The average Bonchev–Trinajstić information content (AvgIpc) is 2.66. The fraction of sp³-hybridized carbons (Fsp3) is 0.500. The Morgan fingerprint density at radius 2 is 2.21 bits per heavy atom. The van der Waals surface area contributed by atoms with E-state index < -0.39 is 17.9 Å². The Balaban J connectivity index is 0.00000280. The van der Waals surface area contributed by atoms with Crippen LogP contribution in [-0.4, -0.2) is 41.4 Å². The molecule has 2 aromatic rings. The van der Waals surface area contributed by atoms with Gasteiger partial charge in [0.05, 0.1) is 24.9 Å². The number of aliphatic hydroxyl groups excluding tert-OH is 1. The topological polar surface area (TPSA) is 91.7 Å². The van der Waals surface area contributed by atoms with E-state index in [9.17, 15) is 14.3 Å². The molecular weight excluding hydrogens is 387 g/mol. The van der Waals surface area contributed by atoms with Gasteiger partial charge in [-0.2, -0.15) is 0 Å². The molecule has 28 heavy (non-hydrogen) atoms. The Kier molecular flexibility index (Phi) is 7.98. The van der Waals surface area contributed by atoms with Crippen LogP contribution in [0.5, 0.6) is 5.75 Å². The lowest BCUT2D eigenvalue weighted by molar-refractivity contribution is -0.138. The highest BCUT2D eigenvalue weighted by Gasteiger charge is 2.28. The van der Waals surface area contributed by atoms with E-state index in [0.717, 1.165) is 19.2 Å². The number of carboxylic acid groups (broad SMARTS) is 1. The third kappa shape index (κ3) is 5.10. The molecule has 1 aliphatic heterocycles. The summed E-state index contributed by atoms with van der Waals surface area (Å²) in [6.07, 6.45) is 2.13. The second-order valence-electron chi connectivity index (χ2n) is 7.11. The minimum absolute atomic E-state index is 0. The summed E-state index contributed by atoms with van der Waals surface area (Å²) < 4.78 is 19.7. The number of hydrogen-bond acceptors (Lipinski definition) is 5. The molecule has 1 saturated heterocycles. The molecular formula is C20H26ClFN2O4. The van der Waals surface area contributed by atoms with Crippen molar-refractivity contribution < 1.29 is 24.1 Å². The van der Waals surface area contributed by atoms with Gasteiger partial charge < -0.3 is 20.3 Å². The van der Waals surface area contributed by atoms with E-state index in [-0.39, 0.29) is 36.2 Å². The molecule has 2 unspecified atom stereocenters. The van der Waals surface area contributed by atoms with Crippen molar-refractivity contribution in [3.8, 4) is 5.75 Å². The van der Waals surface area contributed by atoms with Crippen LogP contribution >= 0.6 is 12.4 Å². The number of fused-ring (bicyclic) bond motifs is 1. The van der Waals surface area contributed by atoms with Gasteiger partial charge in [0.15, 0.2) is 0 Å². The number of carboxylic acids is 1. The molecule has 8 heteroatoms. The number of nitrogens with zero attached hydrogens (tertiary/aromatic N) is 1. The minimum atomic E-state index is -0.983. The Bertz CT molecular complexity index is 820. The number of carbonyl (C=O) groups is 1. The Labute approximate surface area is 169 Å². The summed E-state index contributed by atoms with van der Waals surface area (Å²) in [6, 6.07) is 5.16. The summed E-state index contributed by atoms with van der Waals surface area (Å²) in [6.45, 7) is 1.50. The van der Waals surface area contributed by atoms with E-state index in [0.29, 0.717) is 36.0 Å². The number of halogens is 2. The van der Waals surface area contributed by atoms with Gasteiger partial charge in [0.25, 0.3) is 0 Å². The number of nitrogens with one attached hydrogen (secondary N) is 1. The van der Waals surface area contributed by atoms with Crippen LogP contribution in [0.25, 0.3) is 10.9 Å². The molecule has 6 nitrogen and oxygen atoms in total. The lowest BCUT2D eigenvalue weighted by Gasteiger charge is -2.32. The van der Waals surface area contributed by atoms with Crippen molar-refractivity contribution >= 4 is 29.3 Å². The minimum Gasteiger partial charge on any atom is -0.497 e.